The summed E-state index contributed by atoms with van der Waals surface area (Å²) in [6, 6.07) is 7.85. The molecule has 0 aliphatic heterocycles. The molecule has 5 heteroatoms. The molecule has 0 saturated heterocycles. The summed E-state index contributed by atoms with van der Waals surface area (Å²) in [6.07, 6.45) is 1.43. The van der Waals surface area contributed by atoms with Gasteiger partial charge >= 0.3 is 0 Å². The Labute approximate surface area is 85.0 Å². The van der Waals surface area contributed by atoms with Gasteiger partial charge in [0.1, 0.15) is 0 Å². The van der Waals surface area contributed by atoms with Crippen molar-refractivity contribution in [2.75, 3.05) is 5.75 Å². The Bertz CT molecular complexity index is 419. The molecule has 0 atom stereocenters. The number of aromatic nitrogens is 2. The van der Waals surface area contributed by atoms with Crippen molar-refractivity contribution in [3.8, 4) is 0 Å². The number of nitrogens with zero attached hydrogens (tertiary/aromatic N) is 2. The van der Waals surface area contributed by atoms with E-state index < -0.39 is 0 Å². The molecule has 0 amide bonds. The Morgan fingerprint density at radius 1 is 1.50 bits per heavy atom. The molecule has 0 saturated carbocycles. The molecule has 0 unspecified atom stereocenters. The maximum Gasteiger partial charge on any atom is 0.166 e. The summed E-state index contributed by atoms with van der Waals surface area (Å²) < 4.78 is 0. The second kappa shape index (κ2) is 4.15. The molecule has 0 aliphatic carbocycles. The van der Waals surface area contributed by atoms with Crippen LogP contribution >= 0.6 is 11.8 Å². The van der Waals surface area contributed by atoms with E-state index in [2.05, 4.69) is 15.1 Å². The zero-order valence-electron chi connectivity index (χ0n) is 7.34. The second-order valence-corrected chi connectivity index (χ2v) is 3.68. The number of thioether (sulfide) groups is 1. The van der Waals surface area contributed by atoms with E-state index in [1.807, 2.05) is 24.3 Å². The lowest BCUT2D eigenvalue weighted by atomic mass is 10.3. The minimum atomic E-state index is 0.607. The highest BCUT2D eigenvalue weighted by Gasteiger charge is 2.00. The van der Waals surface area contributed by atoms with E-state index in [1.165, 1.54) is 18.0 Å². The van der Waals surface area contributed by atoms with Crippen LogP contribution in [0.3, 0.4) is 0 Å². The van der Waals surface area contributed by atoms with Gasteiger partial charge in [0.2, 0.25) is 0 Å². The van der Waals surface area contributed by atoms with Crippen molar-refractivity contribution in [1.82, 2.24) is 9.97 Å². The third-order valence-corrected chi connectivity index (χ3v) is 2.53. The summed E-state index contributed by atoms with van der Waals surface area (Å²) in [5, 5.41) is 12.0. The van der Waals surface area contributed by atoms with Gasteiger partial charge in [-0.1, -0.05) is 23.9 Å². The summed E-state index contributed by atoms with van der Waals surface area (Å²) in [4.78, 5) is 7.51. The Balaban J connectivity index is 2.18. The van der Waals surface area contributed by atoms with E-state index in [0.717, 1.165) is 16.2 Å². The predicted molar refractivity (Wildman–Crippen MR) is 57.1 cm³/mol. The molecule has 1 heterocycles. The molecule has 0 fully saturated rings. The van der Waals surface area contributed by atoms with Crippen LogP contribution < -0.4 is 0 Å². The topological polar surface area (TPSA) is 61.3 Å². The Hall–Kier alpha value is -1.49. The van der Waals surface area contributed by atoms with Gasteiger partial charge in [-0.3, -0.25) is 0 Å². The molecule has 0 aliphatic rings. The maximum absolute atomic E-state index is 8.21. The molecule has 2 aromatic rings. The van der Waals surface area contributed by atoms with Crippen molar-refractivity contribution in [2.45, 2.75) is 5.16 Å². The van der Waals surface area contributed by atoms with Crippen molar-refractivity contribution in [1.29, 1.82) is 0 Å². The van der Waals surface area contributed by atoms with Crippen LogP contribution in [-0.4, -0.2) is 27.1 Å². The first-order valence-electron chi connectivity index (χ1n) is 4.13. The van der Waals surface area contributed by atoms with Gasteiger partial charge in [0.25, 0.3) is 0 Å². The fourth-order valence-corrected chi connectivity index (χ4v) is 1.79. The van der Waals surface area contributed by atoms with Gasteiger partial charge in [-0.2, -0.15) is 0 Å². The highest BCUT2D eigenvalue weighted by Crippen LogP contribution is 2.17. The zero-order valence-corrected chi connectivity index (χ0v) is 8.16. The van der Waals surface area contributed by atoms with Crippen molar-refractivity contribution in [3.63, 3.8) is 0 Å². The Kier molecular flexibility index (Phi) is 2.69. The number of oxime groups is 1. The molecular weight excluding hydrogens is 198 g/mol. The van der Waals surface area contributed by atoms with Crippen molar-refractivity contribution in [3.05, 3.63) is 24.3 Å². The van der Waals surface area contributed by atoms with E-state index in [0.29, 0.717) is 5.75 Å². The molecule has 72 valence electrons. The fraction of sp³-hybridized carbons (Fsp3) is 0.111. The quantitative estimate of drug-likeness (QED) is 0.351. The number of nitrogens with one attached hydrogen (secondary N) is 1. The van der Waals surface area contributed by atoms with Gasteiger partial charge in [0.05, 0.1) is 17.2 Å². The summed E-state index contributed by atoms with van der Waals surface area (Å²) in [7, 11) is 0. The number of fused-ring (bicyclic) bond motifs is 1. The van der Waals surface area contributed by atoms with Crippen LogP contribution in [0.25, 0.3) is 11.0 Å². The molecular formula is C9H9N3OS. The summed E-state index contributed by atoms with van der Waals surface area (Å²) in [5.41, 5.74) is 1.98. The number of para-hydroxylation sites is 2. The number of benzene rings is 1. The van der Waals surface area contributed by atoms with E-state index in [1.54, 1.807) is 0 Å². The number of hydrogen-bond acceptors (Lipinski definition) is 4. The highest BCUT2D eigenvalue weighted by molar-refractivity contribution is 7.99. The summed E-state index contributed by atoms with van der Waals surface area (Å²) in [6.45, 7) is 0. The minimum absolute atomic E-state index is 0.607. The first kappa shape index (κ1) is 9.08. The molecule has 1 aromatic heterocycles. The number of imidazole rings is 1. The van der Waals surface area contributed by atoms with Crippen LogP contribution in [0.4, 0.5) is 0 Å². The van der Waals surface area contributed by atoms with Crippen molar-refractivity contribution >= 4 is 29.0 Å². The Morgan fingerprint density at radius 2 is 2.36 bits per heavy atom. The molecule has 0 spiro atoms. The van der Waals surface area contributed by atoms with Gasteiger partial charge in [-0.15, -0.1) is 5.16 Å². The number of aromatic amines is 1. The van der Waals surface area contributed by atoms with Crippen molar-refractivity contribution < 1.29 is 5.21 Å². The largest absolute Gasteiger partial charge is 0.411 e. The molecule has 14 heavy (non-hydrogen) atoms. The monoisotopic (exact) mass is 207 g/mol. The highest BCUT2D eigenvalue weighted by atomic mass is 32.2. The standard InChI is InChI=1S/C9H9N3OS/c13-10-5-6-14-9-11-7-3-1-2-4-8(7)12-9/h1-5,13H,6H2,(H,11,12). The van der Waals surface area contributed by atoms with Gasteiger partial charge in [0.15, 0.2) is 5.16 Å². The van der Waals surface area contributed by atoms with Crippen LogP contribution in [0, 0.1) is 0 Å². The smallest absolute Gasteiger partial charge is 0.166 e. The van der Waals surface area contributed by atoms with Crippen LogP contribution in [0.5, 0.6) is 0 Å². The number of rotatable bonds is 3. The normalized spacial score (nSPS) is 11.4. The van der Waals surface area contributed by atoms with Gasteiger partial charge < -0.3 is 10.2 Å². The van der Waals surface area contributed by atoms with Crippen LogP contribution in [0.2, 0.25) is 0 Å². The zero-order chi connectivity index (χ0) is 9.80. The van der Waals surface area contributed by atoms with Gasteiger partial charge in [0, 0.05) is 5.75 Å². The van der Waals surface area contributed by atoms with Crippen LogP contribution in [0.15, 0.2) is 34.6 Å². The fourth-order valence-electron chi connectivity index (χ4n) is 1.15. The van der Waals surface area contributed by atoms with E-state index in [4.69, 9.17) is 5.21 Å². The average molecular weight is 207 g/mol. The SMILES string of the molecule is ON=CCSc1nc2ccccc2[nH]1. The molecule has 4 nitrogen and oxygen atoms in total. The lowest BCUT2D eigenvalue weighted by molar-refractivity contribution is 0.321. The number of hydrogen-bond donors (Lipinski definition) is 2. The minimum Gasteiger partial charge on any atom is -0.411 e. The van der Waals surface area contributed by atoms with E-state index >= 15 is 0 Å². The van der Waals surface area contributed by atoms with Gasteiger partial charge in [-0.25, -0.2) is 4.98 Å². The van der Waals surface area contributed by atoms with Gasteiger partial charge in [-0.05, 0) is 12.1 Å². The first-order valence-corrected chi connectivity index (χ1v) is 5.12. The van der Waals surface area contributed by atoms with Crippen LogP contribution in [-0.2, 0) is 0 Å². The molecule has 1 aromatic carbocycles. The Morgan fingerprint density at radius 3 is 3.14 bits per heavy atom. The van der Waals surface area contributed by atoms with Crippen LogP contribution in [0.1, 0.15) is 0 Å². The second-order valence-electron chi connectivity index (χ2n) is 2.67. The summed E-state index contributed by atoms with van der Waals surface area (Å²) in [5.74, 6) is 0.607. The van der Waals surface area contributed by atoms with E-state index in [9.17, 15) is 0 Å². The maximum atomic E-state index is 8.21. The predicted octanol–water partition coefficient (Wildman–Crippen LogP) is 2.11. The first-order chi connectivity index (χ1) is 6.90. The molecule has 0 radical (unpaired) electrons. The lowest BCUT2D eigenvalue weighted by Gasteiger charge is -1.87. The molecule has 2 rings (SSSR count). The third-order valence-electron chi connectivity index (χ3n) is 1.74. The average Bonchev–Trinajstić information content (AvgIpc) is 2.60. The molecule has 2 N–H and O–H groups in total. The number of H-pyrrole nitrogens is 1. The van der Waals surface area contributed by atoms with Crippen molar-refractivity contribution in [2.24, 2.45) is 5.16 Å². The lowest BCUT2D eigenvalue weighted by Crippen LogP contribution is -1.81. The molecule has 0 bridgehead atoms. The third kappa shape index (κ3) is 1.88. The van der Waals surface area contributed by atoms with E-state index in [-0.39, 0.29) is 0 Å². The summed E-state index contributed by atoms with van der Waals surface area (Å²) >= 11 is 1.49.